The van der Waals surface area contributed by atoms with E-state index < -0.39 is 5.25 Å². The summed E-state index contributed by atoms with van der Waals surface area (Å²) in [4.78, 5) is 38.6. The van der Waals surface area contributed by atoms with Crippen molar-refractivity contribution >= 4 is 40.9 Å². The van der Waals surface area contributed by atoms with Crippen LogP contribution in [0, 0.1) is 0 Å². The third kappa shape index (κ3) is 4.20. The molecule has 0 spiro atoms. The van der Waals surface area contributed by atoms with Crippen LogP contribution in [0.2, 0.25) is 0 Å². The van der Waals surface area contributed by atoms with E-state index in [0.717, 1.165) is 16.7 Å². The molecule has 9 heteroatoms. The predicted octanol–water partition coefficient (Wildman–Crippen LogP) is 2.47. The van der Waals surface area contributed by atoms with Crippen molar-refractivity contribution in [2.75, 3.05) is 36.3 Å². The number of hydrogen-bond donors (Lipinski definition) is 1. The number of rotatable bonds is 6. The highest BCUT2D eigenvalue weighted by Crippen LogP contribution is 2.37. The molecule has 0 aromatic heterocycles. The van der Waals surface area contributed by atoms with Crippen LogP contribution >= 0.6 is 11.8 Å². The molecule has 1 saturated heterocycles. The molecule has 2 aliphatic rings. The molecule has 0 unspecified atom stereocenters. The molecule has 1 atom stereocenters. The molecular weight excluding hydrogens is 408 g/mol. The third-order valence-corrected chi connectivity index (χ3v) is 5.88. The Kier molecular flexibility index (Phi) is 5.80. The Bertz CT molecular complexity index is 978. The average molecular weight is 428 g/mol. The molecule has 30 heavy (non-hydrogen) atoms. The predicted molar refractivity (Wildman–Crippen MR) is 112 cm³/mol. The normalized spacial score (nSPS) is 17.8. The zero-order valence-corrected chi connectivity index (χ0v) is 17.1. The number of methoxy groups -OCH3 is 1. The number of ether oxygens (including phenoxy) is 3. The van der Waals surface area contributed by atoms with E-state index in [1.807, 2.05) is 0 Å². The van der Waals surface area contributed by atoms with Gasteiger partial charge in [-0.05, 0) is 36.4 Å². The van der Waals surface area contributed by atoms with Crippen LogP contribution in [0.1, 0.15) is 6.42 Å². The Morgan fingerprint density at radius 2 is 1.87 bits per heavy atom. The van der Waals surface area contributed by atoms with Gasteiger partial charge in [0.1, 0.15) is 19.0 Å². The maximum atomic E-state index is 12.8. The Morgan fingerprint density at radius 3 is 2.60 bits per heavy atom. The number of benzene rings is 2. The van der Waals surface area contributed by atoms with Crippen LogP contribution in [-0.2, 0) is 14.4 Å². The number of nitrogens with zero attached hydrogens (tertiary/aromatic N) is 1. The van der Waals surface area contributed by atoms with Crippen molar-refractivity contribution in [3.63, 3.8) is 0 Å². The van der Waals surface area contributed by atoms with Crippen LogP contribution in [0.4, 0.5) is 11.4 Å². The second-order valence-corrected chi connectivity index (χ2v) is 7.87. The first kappa shape index (κ1) is 20.1. The van der Waals surface area contributed by atoms with Crippen molar-refractivity contribution < 1.29 is 28.6 Å². The van der Waals surface area contributed by atoms with Crippen LogP contribution in [-0.4, -0.2) is 49.0 Å². The minimum absolute atomic E-state index is 0.0494. The van der Waals surface area contributed by atoms with Gasteiger partial charge >= 0.3 is 0 Å². The summed E-state index contributed by atoms with van der Waals surface area (Å²) >= 11 is 1.15. The molecule has 2 aromatic rings. The minimum atomic E-state index is -0.604. The van der Waals surface area contributed by atoms with Crippen molar-refractivity contribution in [2.24, 2.45) is 0 Å². The summed E-state index contributed by atoms with van der Waals surface area (Å²) < 4.78 is 16.1. The van der Waals surface area contributed by atoms with Gasteiger partial charge in [-0.1, -0.05) is 0 Å². The summed E-state index contributed by atoms with van der Waals surface area (Å²) in [6, 6.07) is 11.9. The molecule has 2 aromatic carbocycles. The number of thioether (sulfide) groups is 1. The standard InChI is InChI=1S/C21H20N2O6S/c1-27-15-5-2-13(3-6-15)22-19(24)12-30-18-11-20(25)23(21(18)26)14-4-7-16-17(10-14)29-9-8-28-16/h2-7,10,18H,8-9,11-12H2,1H3,(H,22,24)/t18-/m1/s1. The van der Waals surface area contributed by atoms with Crippen molar-refractivity contribution in [1.82, 2.24) is 0 Å². The van der Waals surface area contributed by atoms with Gasteiger partial charge < -0.3 is 19.5 Å². The van der Waals surface area contributed by atoms with Gasteiger partial charge in [0.15, 0.2) is 11.5 Å². The van der Waals surface area contributed by atoms with E-state index in [-0.39, 0.29) is 29.9 Å². The number of hydrogen-bond acceptors (Lipinski definition) is 7. The summed E-state index contributed by atoms with van der Waals surface area (Å²) in [5, 5.41) is 2.16. The number of amides is 3. The number of nitrogens with one attached hydrogen (secondary N) is 1. The molecule has 0 bridgehead atoms. The summed E-state index contributed by atoms with van der Waals surface area (Å²) in [7, 11) is 1.57. The van der Waals surface area contributed by atoms with Gasteiger partial charge in [0, 0.05) is 18.2 Å². The van der Waals surface area contributed by atoms with E-state index in [4.69, 9.17) is 14.2 Å². The average Bonchev–Trinajstić information content (AvgIpc) is 3.05. The van der Waals surface area contributed by atoms with Gasteiger partial charge in [-0.15, -0.1) is 11.8 Å². The van der Waals surface area contributed by atoms with E-state index in [1.165, 1.54) is 0 Å². The molecule has 8 nitrogen and oxygen atoms in total. The minimum Gasteiger partial charge on any atom is -0.497 e. The lowest BCUT2D eigenvalue weighted by atomic mass is 10.2. The summed E-state index contributed by atoms with van der Waals surface area (Å²) in [6.07, 6.45) is 0.0494. The monoisotopic (exact) mass is 428 g/mol. The van der Waals surface area contributed by atoms with Crippen LogP contribution in [0.15, 0.2) is 42.5 Å². The maximum Gasteiger partial charge on any atom is 0.247 e. The highest BCUT2D eigenvalue weighted by atomic mass is 32.2. The number of fused-ring (bicyclic) bond motifs is 1. The zero-order chi connectivity index (χ0) is 21.1. The van der Waals surface area contributed by atoms with Gasteiger partial charge in [-0.3, -0.25) is 14.4 Å². The lowest BCUT2D eigenvalue weighted by Gasteiger charge is -2.21. The SMILES string of the molecule is COc1ccc(NC(=O)CS[C@@H]2CC(=O)N(c3ccc4c(c3)OCCO4)C2=O)cc1. The fourth-order valence-electron chi connectivity index (χ4n) is 3.22. The van der Waals surface area contributed by atoms with Crippen molar-refractivity contribution in [1.29, 1.82) is 0 Å². The lowest BCUT2D eigenvalue weighted by molar-refractivity contribution is -0.121. The van der Waals surface area contributed by atoms with Gasteiger partial charge in [0.25, 0.3) is 0 Å². The topological polar surface area (TPSA) is 94.2 Å². The van der Waals surface area contributed by atoms with E-state index in [2.05, 4.69) is 5.32 Å². The highest BCUT2D eigenvalue weighted by molar-refractivity contribution is 8.01. The molecule has 2 aliphatic heterocycles. The molecule has 156 valence electrons. The van der Waals surface area contributed by atoms with E-state index >= 15 is 0 Å². The zero-order valence-electron chi connectivity index (χ0n) is 16.3. The number of imide groups is 1. The lowest BCUT2D eigenvalue weighted by Crippen LogP contribution is -2.31. The quantitative estimate of drug-likeness (QED) is 0.707. The Hall–Kier alpha value is -3.20. The summed E-state index contributed by atoms with van der Waals surface area (Å²) in [5.41, 5.74) is 1.08. The van der Waals surface area contributed by atoms with Crippen LogP contribution in [0.25, 0.3) is 0 Å². The van der Waals surface area contributed by atoms with Crippen LogP contribution < -0.4 is 24.4 Å². The number of anilines is 2. The Morgan fingerprint density at radius 1 is 1.13 bits per heavy atom. The smallest absolute Gasteiger partial charge is 0.247 e. The maximum absolute atomic E-state index is 12.8. The third-order valence-electron chi connectivity index (χ3n) is 4.68. The highest BCUT2D eigenvalue weighted by Gasteiger charge is 2.40. The summed E-state index contributed by atoms with van der Waals surface area (Å²) in [5.74, 6) is 0.966. The number of carbonyl (C=O) groups excluding carboxylic acids is 3. The number of carbonyl (C=O) groups is 3. The molecule has 4 rings (SSSR count). The van der Waals surface area contributed by atoms with Crippen LogP contribution in [0.5, 0.6) is 17.2 Å². The van der Waals surface area contributed by atoms with Crippen molar-refractivity contribution in [3.8, 4) is 17.2 Å². The first-order valence-electron chi connectivity index (χ1n) is 9.37. The second kappa shape index (κ2) is 8.66. The van der Waals surface area contributed by atoms with E-state index in [0.29, 0.717) is 41.8 Å². The van der Waals surface area contributed by atoms with Gasteiger partial charge in [0.2, 0.25) is 17.7 Å². The molecule has 0 saturated carbocycles. The molecule has 1 N–H and O–H groups in total. The van der Waals surface area contributed by atoms with E-state index in [1.54, 1.807) is 49.6 Å². The molecule has 0 radical (unpaired) electrons. The Labute approximate surface area is 177 Å². The Balaban J connectivity index is 1.36. The van der Waals surface area contributed by atoms with Gasteiger partial charge in [-0.25, -0.2) is 4.90 Å². The molecular formula is C21H20N2O6S. The van der Waals surface area contributed by atoms with Crippen molar-refractivity contribution in [2.45, 2.75) is 11.7 Å². The fraction of sp³-hybridized carbons (Fsp3) is 0.286. The largest absolute Gasteiger partial charge is 0.497 e. The van der Waals surface area contributed by atoms with Crippen molar-refractivity contribution in [3.05, 3.63) is 42.5 Å². The van der Waals surface area contributed by atoms with E-state index in [9.17, 15) is 14.4 Å². The molecule has 2 heterocycles. The first-order valence-corrected chi connectivity index (χ1v) is 10.4. The van der Waals surface area contributed by atoms with Gasteiger partial charge in [-0.2, -0.15) is 0 Å². The molecule has 1 fully saturated rings. The fourth-order valence-corrected chi connectivity index (χ4v) is 4.16. The van der Waals surface area contributed by atoms with Gasteiger partial charge in [0.05, 0.1) is 23.8 Å². The molecule has 3 amide bonds. The van der Waals surface area contributed by atoms with Crippen LogP contribution in [0.3, 0.4) is 0 Å². The summed E-state index contributed by atoms with van der Waals surface area (Å²) in [6.45, 7) is 0.880. The molecule has 0 aliphatic carbocycles. The second-order valence-electron chi connectivity index (χ2n) is 6.68. The first-order chi connectivity index (χ1) is 14.5.